The van der Waals surface area contributed by atoms with Crippen LogP contribution < -0.4 is 16.0 Å². The Hall–Kier alpha value is -1.97. The fraction of sp³-hybridized carbons (Fsp3) is 0.565. The van der Waals surface area contributed by atoms with Crippen LogP contribution in [0, 0.1) is 0 Å². The summed E-state index contributed by atoms with van der Waals surface area (Å²) >= 11 is 0. The molecule has 1 aliphatic carbocycles. The molecule has 1 aliphatic rings. The Morgan fingerprint density at radius 3 is 2.39 bits per heavy atom. The van der Waals surface area contributed by atoms with Gasteiger partial charge >= 0.3 is 6.09 Å². The summed E-state index contributed by atoms with van der Waals surface area (Å²) in [5.41, 5.74) is 0.454. The maximum atomic E-state index is 11.9. The number of furan rings is 1. The quantitative estimate of drug-likeness (QED) is 0.292. The van der Waals surface area contributed by atoms with E-state index in [1.165, 1.54) is 0 Å². The molecule has 8 heteroatoms. The number of hydrogen-bond acceptors (Lipinski definition) is 4. The van der Waals surface area contributed by atoms with E-state index < -0.39 is 5.60 Å². The molecule has 172 valence electrons. The number of rotatable bonds is 5. The van der Waals surface area contributed by atoms with Crippen molar-refractivity contribution in [2.45, 2.75) is 70.6 Å². The average Bonchev–Trinajstić information content (AvgIpc) is 3.10. The molecule has 31 heavy (non-hydrogen) atoms. The Labute approximate surface area is 201 Å². The molecule has 0 spiro atoms. The van der Waals surface area contributed by atoms with E-state index in [0.717, 1.165) is 61.3 Å². The number of halogens is 1. The van der Waals surface area contributed by atoms with Gasteiger partial charge in [-0.2, -0.15) is 0 Å². The Balaban J connectivity index is 0.00000341. The number of alkyl carbamates (subject to hydrolysis) is 1. The van der Waals surface area contributed by atoms with E-state index in [0.29, 0.717) is 6.04 Å². The maximum absolute atomic E-state index is 11.9. The van der Waals surface area contributed by atoms with Crippen LogP contribution in [0.5, 0.6) is 0 Å². The normalized spacial score (nSPS) is 19.4. The lowest BCUT2D eigenvalue weighted by atomic mass is 9.91. The first-order valence-electron chi connectivity index (χ1n) is 10.8. The number of nitrogens with zero attached hydrogens (tertiary/aromatic N) is 1. The first-order chi connectivity index (χ1) is 14.3. The second-order valence-electron chi connectivity index (χ2n) is 8.84. The van der Waals surface area contributed by atoms with Crippen LogP contribution in [0.1, 0.15) is 52.2 Å². The predicted molar refractivity (Wildman–Crippen MR) is 135 cm³/mol. The number of hydrogen-bond donors (Lipinski definition) is 3. The van der Waals surface area contributed by atoms with E-state index in [2.05, 4.69) is 33.1 Å². The number of ether oxygens (including phenoxy) is 1. The topological polar surface area (TPSA) is 87.9 Å². The van der Waals surface area contributed by atoms with E-state index in [1.807, 2.05) is 39.0 Å². The summed E-state index contributed by atoms with van der Waals surface area (Å²) < 4.78 is 11.2. The summed E-state index contributed by atoms with van der Waals surface area (Å²) in [6.45, 7) is 6.37. The van der Waals surface area contributed by atoms with Gasteiger partial charge in [0.05, 0.1) is 0 Å². The van der Waals surface area contributed by atoms with Gasteiger partial charge in [-0.25, -0.2) is 4.79 Å². The fourth-order valence-corrected chi connectivity index (χ4v) is 3.71. The summed E-state index contributed by atoms with van der Waals surface area (Å²) in [4.78, 5) is 16.3. The molecule has 0 unspecified atom stereocenters. The van der Waals surface area contributed by atoms with Gasteiger partial charge in [0, 0.05) is 37.5 Å². The maximum Gasteiger partial charge on any atom is 0.407 e. The summed E-state index contributed by atoms with van der Waals surface area (Å²) in [6, 6.07) is 10.7. The minimum atomic E-state index is -0.469. The van der Waals surface area contributed by atoms with E-state index in [-0.39, 0.29) is 36.1 Å². The van der Waals surface area contributed by atoms with E-state index in [4.69, 9.17) is 9.15 Å². The van der Waals surface area contributed by atoms with Crippen LogP contribution in [0.2, 0.25) is 0 Å². The van der Waals surface area contributed by atoms with E-state index >= 15 is 0 Å². The van der Waals surface area contributed by atoms with Gasteiger partial charge < -0.3 is 25.1 Å². The van der Waals surface area contributed by atoms with Crippen LogP contribution in [-0.4, -0.2) is 43.3 Å². The number of para-hydroxylation sites is 1. The zero-order valence-electron chi connectivity index (χ0n) is 18.9. The SMILES string of the molecule is CN=C(NCCc1cc2ccccc2o1)NC1CCC(NC(=O)OC(C)(C)C)CC1.I. The fourth-order valence-electron chi connectivity index (χ4n) is 3.71. The van der Waals surface area contributed by atoms with Gasteiger partial charge in [-0.3, -0.25) is 4.99 Å². The standard InChI is InChI=1S/C23H34N4O3.HI/c1-23(2,3)30-22(28)27-18-11-9-17(10-12-18)26-21(24-4)25-14-13-19-15-16-7-5-6-8-20(16)29-19;/h5-8,15,17-18H,9-14H2,1-4H3,(H,27,28)(H2,24,25,26);1H. The number of amides is 1. The highest BCUT2D eigenvalue weighted by atomic mass is 127. The van der Waals surface area contributed by atoms with Crippen molar-refractivity contribution >= 4 is 47.0 Å². The van der Waals surface area contributed by atoms with Crippen molar-refractivity contribution in [2.24, 2.45) is 4.99 Å². The summed E-state index contributed by atoms with van der Waals surface area (Å²) in [5.74, 6) is 1.77. The first kappa shape index (κ1) is 25.3. The molecule has 0 aliphatic heterocycles. The number of benzene rings is 1. The van der Waals surface area contributed by atoms with Crippen LogP contribution in [0.15, 0.2) is 39.7 Å². The summed E-state index contributed by atoms with van der Waals surface area (Å²) in [7, 11) is 1.78. The van der Waals surface area contributed by atoms with Gasteiger partial charge in [0.25, 0.3) is 0 Å². The van der Waals surface area contributed by atoms with Crippen LogP contribution in [-0.2, 0) is 11.2 Å². The van der Waals surface area contributed by atoms with Gasteiger partial charge in [0.2, 0.25) is 0 Å². The van der Waals surface area contributed by atoms with Crippen LogP contribution in [0.25, 0.3) is 11.0 Å². The molecule has 7 nitrogen and oxygen atoms in total. The van der Waals surface area contributed by atoms with Crippen molar-refractivity contribution in [1.29, 1.82) is 0 Å². The lowest BCUT2D eigenvalue weighted by Gasteiger charge is -2.31. The minimum absolute atomic E-state index is 0. The molecule has 0 bridgehead atoms. The molecule has 3 N–H and O–H groups in total. The molecule has 1 fully saturated rings. The molecule has 1 aromatic carbocycles. The first-order valence-corrected chi connectivity index (χ1v) is 10.8. The van der Waals surface area contributed by atoms with Crippen LogP contribution >= 0.6 is 24.0 Å². The molecule has 1 amide bonds. The third-order valence-corrected chi connectivity index (χ3v) is 5.15. The van der Waals surface area contributed by atoms with Crippen molar-refractivity contribution in [1.82, 2.24) is 16.0 Å². The van der Waals surface area contributed by atoms with Crippen LogP contribution in [0.3, 0.4) is 0 Å². The second kappa shape index (κ2) is 11.6. The summed E-state index contributed by atoms with van der Waals surface area (Å²) in [5, 5.41) is 11.0. The van der Waals surface area contributed by atoms with Crippen molar-refractivity contribution in [3.63, 3.8) is 0 Å². The number of aliphatic imine (C=N–C) groups is 1. The molecule has 1 saturated carbocycles. The largest absolute Gasteiger partial charge is 0.461 e. The van der Waals surface area contributed by atoms with Gasteiger partial charge in [-0.15, -0.1) is 24.0 Å². The number of carbonyl (C=O) groups excluding carboxylic acids is 1. The molecule has 3 rings (SSSR count). The third kappa shape index (κ3) is 8.23. The molecular formula is C23H35IN4O3. The highest BCUT2D eigenvalue weighted by Crippen LogP contribution is 2.20. The monoisotopic (exact) mass is 542 g/mol. The molecule has 0 saturated heterocycles. The Morgan fingerprint density at radius 1 is 1.13 bits per heavy atom. The zero-order chi connectivity index (χ0) is 21.6. The van der Waals surface area contributed by atoms with Crippen molar-refractivity contribution in [3.05, 3.63) is 36.1 Å². The lowest BCUT2D eigenvalue weighted by molar-refractivity contribution is 0.0490. The zero-order valence-corrected chi connectivity index (χ0v) is 21.2. The smallest absolute Gasteiger partial charge is 0.407 e. The lowest BCUT2D eigenvalue weighted by Crippen LogP contribution is -2.48. The van der Waals surface area contributed by atoms with Crippen molar-refractivity contribution < 1.29 is 13.9 Å². The average molecular weight is 542 g/mol. The molecule has 1 heterocycles. The molecule has 1 aromatic heterocycles. The number of fused-ring (bicyclic) bond motifs is 1. The number of carbonyl (C=O) groups is 1. The van der Waals surface area contributed by atoms with Gasteiger partial charge in [0.1, 0.15) is 16.9 Å². The summed E-state index contributed by atoms with van der Waals surface area (Å²) in [6.07, 6.45) is 4.26. The van der Waals surface area contributed by atoms with Gasteiger partial charge in [-0.05, 0) is 58.6 Å². The van der Waals surface area contributed by atoms with Crippen molar-refractivity contribution in [3.8, 4) is 0 Å². The van der Waals surface area contributed by atoms with Gasteiger partial charge in [0.15, 0.2) is 5.96 Å². The molecule has 0 radical (unpaired) electrons. The van der Waals surface area contributed by atoms with E-state index in [1.54, 1.807) is 7.05 Å². The molecular weight excluding hydrogens is 507 g/mol. The molecule has 2 aromatic rings. The third-order valence-electron chi connectivity index (χ3n) is 5.15. The molecule has 0 atom stereocenters. The highest BCUT2D eigenvalue weighted by molar-refractivity contribution is 14.0. The number of nitrogens with one attached hydrogen (secondary N) is 3. The Bertz CT molecular complexity index is 834. The van der Waals surface area contributed by atoms with Crippen LogP contribution in [0.4, 0.5) is 4.79 Å². The Morgan fingerprint density at radius 2 is 1.77 bits per heavy atom. The van der Waals surface area contributed by atoms with Crippen molar-refractivity contribution in [2.75, 3.05) is 13.6 Å². The number of guanidine groups is 1. The van der Waals surface area contributed by atoms with E-state index in [9.17, 15) is 4.79 Å². The van der Waals surface area contributed by atoms with Gasteiger partial charge in [-0.1, -0.05) is 18.2 Å². The predicted octanol–water partition coefficient (Wildman–Crippen LogP) is 4.59. The minimum Gasteiger partial charge on any atom is -0.461 e. The Kier molecular flexibility index (Phi) is 9.46. The highest BCUT2D eigenvalue weighted by Gasteiger charge is 2.25. The second-order valence-corrected chi connectivity index (χ2v) is 8.84.